The SMILES string of the molecule is COc1ccc(Cl)cc1COc1c(C)cc(CBr)cc1C. The Balaban J connectivity index is 2.22. The van der Waals surface area contributed by atoms with Crippen LogP contribution in [0.3, 0.4) is 0 Å². The zero-order chi connectivity index (χ0) is 15.4. The fourth-order valence-corrected chi connectivity index (χ4v) is 2.87. The van der Waals surface area contributed by atoms with Gasteiger partial charge in [0, 0.05) is 15.9 Å². The molecule has 0 bridgehead atoms. The molecule has 0 aliphatic rings. The fraction of sp³-hybridized carbons (Fsp3) is 0.294. The van der Waals surface area contributed by atoms with Crippen molar-refractivity contribution < 1.29 is 9.47 Å². The van der Waals surface area contributed by atoms with E-state index in [2.05, 4.69) is 41.9 Å². The Morgan fingerprint density at radius 2 is 1.76 bits per heavy atom. The van der Waals surface area contributed by atoms with Crippen molar-refractivity contribution in [3.8, 4) is 11.5 Å². The summed E-state index contributed by atoms with van der Waals surface area (Å²) in [6.45, 7) is 4.55. The van der Waals surface area contributed by atoms with Crippen LogP contribution in [0.4, 0.5) is 0 Å². The van der Waals surface area contributed by atoms with Crippen molar-refractivity contribution in [2.75, 3.05) is 7.11 Å². The summed E-state index contributed by atoms with van der Waals surface area (Å²) in [5, 5.41) is 1.52. The summed E-state index contributed by atoms with van der Waals surface area (Å²) in [4.78, 5) is 0. The molecule has 2 rings (SSSR count). The van der Waals surface area contributed by atoms with Crippen LogP contribution in [-0.4, -0.2) is 7.11 Å². The summed E-state index contributed by atoms with van der Waals surface area (Å²) in [5.74, 6) is 1.70. The Hall–Kier alpha value is -1.19. The van der Waals surface area contributed by atoms with Gasteiger partial charge in [0.05, 0.1) is 7.11 Å². The van der Waals surface area contributed by atoms with Gasteiger partial charge in [0.2, 0.25) is 0 Å². The highest BCUT2D eigenvalue weighted by molar-refractivity contribution is 9.08. The third-order valence-electron chi connectivity index (χ3n) is 3.29. The lowest BCUT2D eigenvalue weighted by atomic mass is 10.1. The van der Waals surface area contributed by atoms with Crippen LogP contribution >= 0.6 is 27.5 Å². The first-order valence-corrected chi connectivity index (χ1v) is 8.16. The lowest BCUT2D eigenvalue weighted by Crippen LogP contribution is -2.02. The molecule has 112 valence electrons. The predicted octanol–water partition coefficient (Wildman–Crippen LogP) is 5.44. The van der Waals surface area contributed by atoms with Gasteiger partial charge in [-0.05, 0) is 48.7 Å². The average molecular weight is 370 g/mol. The summed E-state index contributed by atoms with van der Waals surface area (Å²) in [7, 11) is 1.65. The Labute approximate surface area is 139 Å². The molecule has 0 spiro atoms. The van der Waals surface area contributed by atoms with E-state index >= 15 is 0 Å². The third-order valence-corrected chi connectivity index (χ3v) is 4.17. The molecule has 0 unspecified atom stereocenters. The minimum absolute atomic E-state index is 0.430. The normalized spacial score (nSPS) is 10.5. The van der Waals surface area contributed by atoms with Crippen LogP contribution in [0.25, 0.3) is 0 Å². The van der Waals surface area contributed by atoms with Gasteiger partial charge in [-0.2, -0.15) is 0 Å². The number of ether oxygens (including phenoxy) is 2. The van der Waals surface area contributed by atoms with E-state index in [1.54, 1.807) is 7.11 Å². The van der Waals surface area contributed by atoms with Crippen LogP contribution in [0.15, 0.2) is 30.3 Å². The third kappa shape index (κ3) is 3.92. The first-order valence-electron chi connectivity index (χ1n) is 6.66. The van der Waals surface area contributed by atoms with E-state index in [9.17, 15) is 0 Å². The Bertz CT molecular complexity index is 618. The molecule has 0 aliphatic heterocycles. The van der Waals surface area contributed by atoms with E-state index in [0.717, 1.165) is 33.5 Å². The second-order valence-electron chi connectivity index (χ2n) is 4.94. The fourth-order valence-electron chi connectivity index (χ4n) is 2.35. The largest absolute Gasteiger partial charge is 0.496 e. The monoisotopic (exact) mass is 368 g/mol. The van der Waals surface area contributed by atoms with Crippen molar-refractivity contribution in [1.82, 2.24) is 0 Å². The van der Waals surface area contributed by atoms with Crippen molar-refractivity contribution in [3.63, 3.8) is 0 Å². The number of methoxy groups -OCH3 is 1. The van der Waals surface area contributed by atoms with E-state index in [-0.39, 0.29) is 0 Å². The molecular weight excluding hydrogens is 352 g/mol. The smallest absolute Gasteiger partial charge is 0.125 e. The lowest BCUT2D eigenvalue weighted by molar-refractivity contribution is 0.293. The maximum Gasteiger partial charge on any atom is 0.125 e. The van der Waals surface area contributed by atoms with Crippen LogP contribution in [0.2, 0.25) is 5.02 Å². The number of hydrogen-bond donors (Lipinski definition) is 0. The zero-order valence-electron chi connectivity index (χ0n) is 12.4. The second kappa shape index (κ2) is 7.19. The maximum absolute atomic E-state index is 6.04. The van der Waals surface area contributed by atoms with E-state index in [4.69, 9.17) is 21.1 Å². The van der Waals surface area contributed by atoms with Gasteiger partial charge in [0.15, 0.2) is 0 Å². The molecule has 0 aromatic heterocycles. The molecule has 0 radical (unpaired) electrons. The van der Waals surface area contributed by atoms with Gasteiger partial charge in [0.25, 0.3) is 0 Å². The highest BCUT2D eigenvalue weighted by Crippen LogP contribution is 2.29. The Morgan fingerprint density at radius 3 is 2.33 bits per heavy atom. The molecule has 0 saturated carbocycles. The molecule has 2 aromatic rings. The number of aryl methyl sites for hydroxylation is 2. The summed E-state index contributed by atoms with van der Waals surface area (Å²) in [6.07, 6.45) is 0. The number of hydrogen-bond acceptors (Lipinski definition) is 2. The van der Waals surface area contributed by atoms with Gasteiger partial charge in [0.1, 0.15) is 18.1 Å². The van der Waals surface area contributed by atoms with Gasteiger partial charge in [-0.3, -0.25) is 0 Å². The maximum atomic E-state index is 6.04. The van der Waals surface area contributed by atoms with Crippen LogP contribution in [-0.2, 0) is 11.9 Å². The van der Waals surface area contributed by atoms with Crippen LogP contribution in [0, 0.1) is 13.8 Å². The second-order valence-corrected chi connectivity index (χ2v) is 5.93. The van der Waals surface area contributed by atoms with Crippen molar-refractivity contribution in [3.05, 3.63) is 57.6 Å². The molecule has 2 aromatic carbocycles. The van der Waals surface area contributed by atoms with Crippen molar-refractivity contribution in [2.24, 2.45) is 0 Å². The summed E-state index contributed by atoms with van der Waals surface area (Å²) in [6, 6.07) is 9.80. The van der Waals surface area contributed by atoms with Gasteiger partial charge in [-0.25, -0.2) is 0 Å². The highest BCUT2D eigenvalue weighted by Gasteiger charge is 2.09. The number of benzene rings is 2. The Kier molecular flexibility index (Phi) is 5.54. The number of halogens is 2. The number of rotatable bonds is 5. The van der Waals surface area contributed by atoms with E-state index in [0.29, 0.717) is 11.6 Å². The van der Waals surface area contributed by atoms with Crippen LogP contribution in [0.1, 0.15) is 22.3 Å². The predicted molar refractivity (Wildman–Crippen MR) is 90.9 cm³/mol. The first-order chi connectivity index (χ1) is 10.0. The molecule has 4 heteroatoms. The summed E-state index contributed by atoms with van der Waals surface area (Å²) < 4.78 is 11.3. The van der Waals surface area contributed by atoms with Gasteiger partial charge >= 0.3 is 0 Å². The van der Waals surface area contributed by atoms with Crippen molar-refractivity contribution in [2.45, 2.75) is 25.8 Å². The van der Waals surface area contributed by atoms with E-state index < -0.39 is 0 Å². The lowest BCUT2D eigenvalue weighted by Gasteiger charge is -2.15. The molecular formula is C17H18BrClO2. The standard InChI is InChI=1S/C17H18BrClO2/c1-11-6-13(9-18)7-12(2)17(11)21-10-14-8-15(19)4-5-16(14)20-3/h4-8H,9-10H2,1-3H3. The quantitative estimate of drug-likeness (QED) is 0.653. The molecule has 21 heavy (non-hydrogen) atoms. The molecule has 0 saturated heterocycles. The minimum Gasteiger partial charge on any atom is -0.496 e. The molecule has 0 amide bonds. The first kappa shape index (κ1) is 16.2. The van der Waals surface area contributed by atoms with E-state index in [1.165, 1.54) is 5.56 Å². The Morgan fingerprint density at radius 1 is 1.10 bits per heavy atom. The van der Waals surface area contributed by atoms with Crippen LogP contribution < -0.4 is 9.47 Å². The molecule has 0 heterocycles. The number of alkyl halides is 1. The highest BCUT2D eigenvalue weighted by atomic mass is 79.9. The zero-order valence-corrected chi connectivity index (χ0v) is 14.7. The molecule has 0 N–H and O–H groups in total. The van der Waals surface area contributed by atoms with Crippen molar-refractivity contribution in [1.29, 1.82) is 0 Å². The average Bonchev–Trinajstić information content (AvgIpc) is 2.46. The topological polar surface area (TPSA) is 18.5 Å². The molecule has 0 atom stereocenters. The molecule has 2 nitrogen and oxygen atoms in total. The summed E-state index contributed by atoms with van der Waals surface area (Å²) >= 11 is 9.52. The van der Waals surface area contributed by atoms with Gasteiger partial charge < -0.3 is 9.47 Å². The van der Waals surface area contributed by atoms with Crippen LogP contribution in [0.5, 0.6) is 11.5 Å². The molecule has 0 aliphatic carbocycles. The van der Waals surface area contributed by atoms with Gasteiger partial charge in [-0.15, -0.1) is 0 Å². The summed E-state index contributed by atoms with van der Waals surface area (Å²) in [5.41, 5.74) is 4.45. The van der Waals surface area contributed by atoms with E-state index in [1.807, 2.05) is 18.2 Å². The van der Waals surface area contributed by atoms with Gasteiger partial charge in [-0.1, -0.05) is 39.7 Å². The van der Waals surface area contributed by atoms with Crippen molar-refractivity contribution >= 4 is 27.5 Å². The minimum atomic E-state index is 0.430. The molecule has 0 fully saturated rings.